The summed E-state index contributed by atoms with van der Waals surface area (Å²) in [4.78, 5) is 23.3. The van der Waals surface area contributed by atoms with Crippen LogP contribution < -0.4 is 10.6 Å². The maximum absolute atomic E-state index is 12.7. The molecule has 6 heteroatoms. The molecule has 0 aromatic heterocycles. The molecule has 6 nitrogen and oxygen atoms in total. The van der Waals surface area contributed by atoms with E-state index in [-0.39, 0.29) is 28.5 Å². The Labute approximate surface area is 186 Å². The molecule has 2 N–H and O–H groups in total. The van der Waals surface area contributed by atoms with E-state index >= 15 is 0 Å². The van der Waals surface area contributed by atoms with Crippen molar-refractivity contribution in [2.24, 2.45) is 5.92 Å². The van der Waals surface area contributed by atoms with Crippen LogP contribution in [0.4, 0.5) is 17.1 Å². The Morgan fingerprint density at radius 1 is 1.09 bits per heavy atom. The van der Waals surface area contributed by atoms with E-state index in [0.717, 1.165) is 34.5 Å². The van der Waals surface area contributed by atoms with Gasteiger partial charge in [-0.1, -0.05) is 42.0 Å². The zero-order chi connectivity index (χ0) is 22.2. The third kappa shape index (κ3) is 3.64. The Morgan fingerprint density at radius 2 is 1.91 bits per heavy atom. The lowest BCUT2D eigenvalue weighted by Gasteiger charge is -2.37. The average molecular weight is 425 g/mol. The summed E-state index contributed by atoms with van der Waals surface area (Å²) in [5.41, 5.74) is 5.77. The standard InChI is InChI=1S/C26H23N3O3/c1-16-4-2-5-18(14-16)26(30)27-19-10-13-24-23(15-19)21-6-3-7-22(21)25(28-24)17-8-11-20(12-9-17)29(31)32/h2-6,8-15,21-22,25,28H,7H2,1H3,(H,27,30). The monoisotopic (exact) mass is 425 g/mol. The second-order valence-electron chi connectivity index (χ2n) is 8.45. The second kappa shape index (κ2) is 7.96. The maximum atomic E-state index is 12.7. The molecule has 0 spiro atoms. The van der Waals surface area contributed by atoms with Crippen LogP contribution in [0.5, 0.6) is 0 Å². The van der Waals surface area contributed by atoms with Crippen molar-refractivity contribution in [1.29, 1.82) is 0 Å². The Hall–Kier alpha value is -3.93. The van der Waals surface area contributed by atoms with Gasteiger partial charge in [-0.05, 0) is 60.7 Å². The SMILES string of the molecule is Cc1cccc(C(=O)Nc2ccc3c(c2)C2C=CCC2C(c2ccc([N+](=O)[O-])cc2)N3)c1. The van der Waals surface area contributed by atoms with E-state index in [2.05, 4.69) is 28.9 Å². The molecule has 3 unspecified atom stereocenters. The Bertz CT molecular complexity index is 1230. The number of nitro benzene ring substituents is 1. The van der Waals surface area contributed by atoms with Gasteiger partial charge in [0.05, 0.1) is 11.0 Å². The number of benzene rings is 3. The predicted octanol–water partition coefficient (Wildman–Crippen LogP) is 5.98. The van der Waals surface area contributed by atoms with Crippen LogP contribution in [-0.4, -0.2) is 10.8 Å². The lowest BCUT2D eigenvalue weighted by Crippen LogP contribution is -2.29. The summed E-state index contributed by atoms with van der Waals surface area (Å²) in [5, 5.41) is 17.7. The maximum Gasteiger partial charge on any atom is 0.269 e. The van der Waals surface area contributed by atoms with Crippen molar-refractivity contribution in [2.45, 2.75) is 25.3 Å². The first-order valence-corrected chi connectivity index (χ1v) is 10.7. The zero-order valence-electron chi connectivity index (χ0n) is 17.6. The number of aryl methyl sites for hydroxylation is 1. The molecule has 0 bridgehead atoms. The Kier molecular flexibility index (Phi) is 4.98. The van der Waals surface area contributed by atoms with Gasteiger partial charge in [0.1, 0.15) is 0 Å². The molecule has 2 aliphatic rings. The minimum absolute atomic E-state index is 0.0658. The van der Waals surface area contributed by atoms with Crippen molar-refractivity contribution in [3.05, 3.63) is 111 Å². The number of hydrogen-bond donors (Lipinski definition) is 2. The van der Waals surface area contributed by atoms with Gasteiger partial charge in [-0.15, -0.1) is 0 Å². The number of amides is 1. The number of carbonyl (C=O) groups excluding carboxylic acids is 1. The fourth-order valence-corrected chi connectivity index (χ4v) is 4.80. The number of nitro groups is 1. The van der Waals surface area contributed by atoms with Gasteiger partial charge in [0.15, 0.2) is 0 Å². The highest BCUT2D eigenvalue weighted by Gasteiger charge is 2.38. The molecular formula is C26H23N3O3. The molecule has 0 saturated carbocycles. The molecule has 0 saturated heterocycles. The molecule has 0 fully saturated rings. The van der Waals surface area contributed by atoms with Gasteiger partial charge in [-0.3, -0.25) is 14.9 Å². The minimum Gasteiger partial charge on any atom is -0.378 e. The molecule has 1 amide bonds. The smallest absolute Gasteiger partial charge is 0.269 e. The molecule has 3 aromatic rings. The third-order valence-corrected chi connectivity index (χ3v) is 6.36. The van der Waals surface area contributed by atoms with Gasteiger partial charge in [0.2, 0.25) is 0 Å². The van der Waals surface area contributed by atoms with E-state index in [1.165, 1.54) is 0 Å². The van der Waals surface area contributed by atoms with E-state index in [1.54, 1.807) is 12.1 Å². The lowest BCUT2D eigenvalue weighted by atomic mass is 9.77. The van der Waals surface area contributed by atoms with Crippen LogP contribution in [0, 0.1) is 23.0 Å². The topological polar surface area (TPSA) is 84.3 Å². The number of hydrogen-bond acceptors (Lipinski definition) is 4. The van der Waals surface area contributed by atoms with Crippen LogP contribution in [0.25, 0.3) is 0 Å². The van der Waals surface area contributed by atoms with Crippen molar-refractivity contribution in [3.8, 4) is 0 Å². The third-order valence-electron chi connectivity index (χ3n) is 6.36. The van der Waals surface area contributed by atoms with Crippen molar-refractivity contribution < 1.29 is 9.72 Å². The van der Waals surface area contributed by atoms with E-state index in [1.807, 2.05) is 55.5 Å². The number of carbonyl (C=O) groups is 1. The van der Waals surface area contributed by atoms with Crippen LogP contribution >= 0.6 is 0 Å². The van der Waals surface area contributed by atoms with Gasteiger partial charge >= 0.3 is 0 Å². The number of nitrogens with zero attached hydrogens (tertiary/aromatic N) is 1. The van der Waals surface area contributed by atoms with Crippen LogP contribution in [0.15, 0.2) is 78.9 Å². The number of nitrogens with one attached hydrogen (secondary N) is 2. The van der Waals surface area contributed by atoms with Crippen molar-refractivity contribution in [2.75, 3.05) is 10.6 Å². The quantitative estimate of drug-likeness (QED) is 0.306. The molecular weight excluding hydrogens is 402 g/mol. The van der Waals surface area contributed by atoms with Crippen molar-refractivity contribution in [1.82, 2.24) is 0 Å². The molecule has 3 aromatic carbocycles. The molecule has 3 atom stereocenters. The largest absolute Gasteiger partial charge is 0.378 e. The summed E-state index contributed by atoms with van der Waals surface area (Å²) in [5.74, 6) is 0.411. The molecule has 1 aliphatic heterocycles. The van der Waals surface area contributed by atoms with Gasteiger partial charge in [-0.25, -0.2) is 0 Å². The average Bonchev–Trinajstić information content (AvgIpc) is 3.29. The highest BCUT2D eigenvalue weighted by Crippen LogP contribution is 2.50. The predicted molar refractivity (Wildman–Crippen MR) is 125 cm³/mol. The van der Waals surface area contributed by atoms with E-state index in [4.69, 9.17) is 0 Å². The van der Waals surface area contributed by atoms with Crippen molar-refractivity contribution in [3.63, 3.8) is 0 Å². The van der Waals surface area contributed by atoms with Gasteiger partial charge in [0.25, 0.3) is 11.6 Å². The summed E-state index contributed by atoms with van der Waals surface area (Å²) >= 11 is 0. The first-order chi connectivity index (χ1) is 15.5. The molecule has 0 radical (unpaired) electrons. The number of anilines is 2. The zero-order valence-corrected chi connectivity index (χ0v) is 17.6. The van der Waals surface area contributed by atoms with Crippen LogP contribution in [0.2, 0.25) is 0 Å². The normalized spacial score (nSPS) is 20.7. The van der Waals surface area contributed by atoms with Crippen LogP contribution in [0.3, 0.4) is 0 Å². The fraction of sp³-hybridized carbons (Fsp3) is 0.192. The minimum atomic E-state index is -0.375. The summed E-state index contributed by atoms with van der Waals surface area (Å²) < 4.78 is 0. The summed E-state index contributed by atoms with van der Waals surface area (Å²) in [7, 11) is 0. The van der Waals surface area contributed by atoms with Crippen LogP contribution in [-0.2, 0) is 0 Å². The van der Waals surface area contributed by atoms with Gasteiger partial charge < -0.3 is 10.6 Å². The Balaban J connectivity index is 1.42. The van der Waals surface area contributed by atoms with Crippen molar-refractivity contribution >= 4 is 23.0 Å². The first-order valence-electron chi connectivity index (χ1n) is 10.7. The number of fused-ring (bicyclic) bond motifs is 3. The number of allylic oxidation sites excluding steroid dienone is 2. The second-order valence-corrected chi connectivity index (χ2v) is 8.45. The highest BCUT2D eigenvalue weighted by molar-refractivity contribution is 6.04. The van der Waals surface area contributed by atoms with E-state index in [9.17, 15) is 14.9 Å². The summed E-state index contributed by atoms with van der Waals surface area (Å²) in [6.45, 7) is 1.97. The number of rotatable bonds is 4. The van der Waals surface area contributed by atoms with Gasteiger partial charge in [-0.2, -0.15) is 0 Å². The van der Waals surface area contributed by atoms with E-state index < -0.39 is 0 Å². The van der Waals surface area contributed by atoms with Crippen LogP contribution in [0.1, 0.15) is 45.4 Å². The first kappa shape index (κ1) is 20.0. The van der Waals surface area contributed by atoms with E-state index in [0.29, 0.717) is 11.5 Å². The number of non-ortho nitro benzene ring substituents is 1. The summed E-state index contributed by atoms with van der Waals surface area (Å²) in [6.07, 6.45) is 5.36. The highest BCUT2D eigenvalue weighted by atomic mass is 16.6. The summed E-state index contributed by atoms with van der Waals surface area (Å²) in [6, 6.07) is 20.4. The molecule has 1 heterocycles. The molecule has 5 rings (SSSR count). The molecule has 32 heavy (non-hydrogen) atoms. The molecule has 1 aliphatic carbocycles. The molecule has 160 valence electrons. The lowest BCUT2D eigenvalue weighted by molar-refractivity contribution is -0.384. The Morgan fingerprint density at radius 3 is 2.66 bits per heavy atom. The van der Waals surface area contributed by atoms with Gasteiger partial charge in [0, 0.05) is 35.0 Å². The fourth-order valence-electron chi connectivity index (χ4n) is 4.80.